The number of ketones is 1. The predicted molar refractivity (Wildman–Crippen MR) is 109 cm³/mol. The van der Waals surface area contributed by atoms with Gasteiger partial charge in [0.15, 0.2) is 23.9 Å². The van der Waals surface area contributed by atoms with Gasteiger partial charge >= 0.3 is 5.97 Å². The van der Waals surface area contributed by atoms with Crippen LogP contribution in [-0.4, -0.2) is 37.5 Å². The van der Waals surface area contributed by atoms with Crippen molar-refractivity contribution in [3.63, 3.8) is 0 Å². The van der Waals surface area contributed by atoms with Gasteiger partial charge < -0.3 is 19.5 Å². The van der Waals surface area contributed by atoms with E-state index >= 15 is 0 Å². The molecule has 0 atom stereocenters. The molecule has 0 bridgehead atoms. The van der Waals surface area contributed by atoms with Gasteiger partial charge in [0, 0.05) is 16.5 Å². The fraction of sp³-hybridized carbons (Fsp3) is 0.286. The van der Waals surface area contributed by atoms with Crippen molar-refractivity contribution < 1.29 is 28.6 Å². The van der Waals surface area contributed by atoms with Gasteiger partial charge in [0.05, 0.1) is 12.1 Å². The van der Waals surface area contributed by atoms with Gasteiger partial charge in [-0.1, -0.05) is 6.07 Å². The van der Waals surface area contributed by atoms with Crippen LogP contribution in [0.5, 0.6) is 11.5 Å². The number of fused-ring (bicyclic) bond motifs is 1. The van der Waals surface area contributed by atoms with Gasteiger partial charge in [0.1, 0.15) is 13.2 Å². The third-order valence-electron chi connectivity index (χ3n) is 4.18. The van der Waals surface area contributed by atoms with Crippen LogP contribution >= 0.6 is 15.9 Å². The molecule has 1 aliphatic rings. The van der Waals surface area contributed by atoms with Gasteiger partial charge in [0.2, 0.25) is 0 Å². The molecule has 0 radical (unpaired) electrons. The lowest BCUT2D eigenvalue weighted by Crippen LogP contribution is -2.21. The number of esters is 1. The normalized spacial score (nSPS) is 12.2. The first kappa shape index (κ1) is 20.9. The first-order valence-corrected chi connectivity index (χ1v) is 9.86. The molecule has 0 saturated carbocycles. The minimum atomic E-state index is -0.617. The Kier molecular flexibility index (Phi) is 6.87. The highest BCUT2D eigenvalue weighted by Gasteiger charge is 2.16. The summed E-state index contributed by atoms with van der Waals surface area (Å²) in [6, 6.07) is 10.4. The van der Waals surface area contributed by atoms with Crippen LogP contribution < -0.4 is 14.8 Å². The molecule has 0 unspecified atom stereocenters. The Hall–Kier alpha value is -2.87. The number of rotatable bonds is 7. The lowest BCUT2D eigenvalue weighted by atomic mass is 10.1. The van der Waals surface area contributed by atoms with Gasteiger partial charge in [0.25, 0.3) is 5.91 Å². The molecular weight excluding hydrogens is 442 g/mol. The largest absolute Gasteiger partial charge is 0.486 e. The highest BCUT2D eigenvalue weighted by atomic mass is 79.9. The number of ether oxygens (including phenoxy) is 3. The Morgan fingerprint density at radius 2 is 1.79 bits per heavy atom. The molecule has 8 heteroatoms. The second kappa shape index (κ2) is 9.56. The molecule has 1 aliphatic heterocycles. The summed E-state index contributed by atoms with van der Waals surface area (Å²) in [5.41, 5.74) is 2.07. The number of carbonyl (C=O) groups excluding carboxylic acids is 3. The molecule has 2 aromatic carbocycles. The highest BCUT2D eigenvalue weighted by molar-refractivity contribution is 9.10. The first-order valence-electron chi connectivity index (χ1n) is 9.07. The lowest BCUT2D eigenvalue weighted by Gasteiger charge is -2.18. The minimum absolute atomic E-state index is 0.0242. The molecule has 1 heterocycles. The summed E-state index contributed by atoms with van der Waals surface area (Å²) in [5.74, 6) is -0.177. The summed E-state index contributed by atoms with van der Waals surface area (Å²) >= 11 is 3.36. The molecule has 2 aromatic rings. The molecule has 152 valence electrons. The lowest BCUT2D eigenvalue weighted by molar-refractivity contribution is -0.147. The smallest absolute Gasteiger partial charge is 0.306 e. The van der Waals surface area contributed by atoms with E-state index in [4.69, 9.17) is 14.2 Å². The SMILES string of the molecule is Cc1ccc(NC(=O)COC(=O)CCC(=O)c2ccc3c(c2)OCCO3)c(Br)c1. The maximum absolute atomic E-state index is 12.3. The van der Waals surface area contributed by atoms with E-state index in [0.717, 1.165) is 10.0 Å². The van der Waals surface area contributed by atoms with Crippen LogP contribution in [0.3, 0.4) is 0 Å². The van der Waals surface area contributed by atoms with Gasteiger partial charge in [-0.2, -0.15) is 0 Å². The maximum atomic E-state index is 12.3. The molecular formula is C21H20BrNO6. The summed E-state index contributed by atoms with van der Waals surface area (Å²) in [6.07, 6.45) is -0.140. The molecule has 0 aliphatic carbocycles. The summed E-state index contributed by atoms with van der Waals surface area (Å²) < 4.78 is 16.6. The first-order chi connectivity index (χ1) is 13.9. The summed E-state index contributed by atoms with van der Waals surface area (Å²) in [4.78, 5) is 36.1. The van der Waals surface area contributed by atoms with Gasteiger partial charge in [-0.05, 0) is 58.7 Å². The molecule has 0 saturated heterocycles. The van der Waals surface area contributed by atoms with E-state index in [-0.39, 0.29) is 18.6 Å². The van der Waals surface area contributed by atoms with E-state index < -0.39 is 18.5 Å². The van der Waals surface area contributed by atoms with E-state index in [1.165, 1.54) is 0 Å². The van der Waals surface area contributed by atoms with Gasteiger partial charge in [-0.15, -0.1) is 0 Å². The van der Waals surface area contributed by atoms with Crippen molar-refractivity contribution in [1.29, 1.82) is 0 Å². The summed E-state index contributed by atoms with van der Waals surface area (Å²) in [7, 11) is 0. The van der Waals surface area contributed by atoms with Crippen LogP contribution in [0.15, 0.2) is 40.9 Å². The zero-order valence-corrected chi connectivity index (χ0v) is 17.4. The Morgan fingerprint density at radius 1 is 1.03 bits per heavy atom. The van der Waals surface area contributed by atoms with Crippen molar-refractivity contribution in [2.24, 2.45) is 0 Å². The molecule has 1 amide bonds. The molecule has 3 rings (SSSR count). The summed E-state index contributed by atoms with van der Waals surface area (Å²) in [6.45, 7) is 2.42. The average molecular weight is 462 g/mol. The average Bonchev–Trinajstić information content (AvgIpc) is 2.72. The third kappa shape index (κ3) is 5.80. The Balaban J connectivity index is 1.43. The molecule has 0 aromatic heterocycles. The quantitative estimate of drug-likeness (QED) is 0.499. The second-order valence-electron chi connectivity index (χ2n) is 6.47. The van der Waals surface area contributed by atoms with E-state index in [1.54, 1.807) is 24.3 Å². The van der Waals surface area contributed by atoms with Crippen molar-refractivity contribution in [1.82, 2.24) is 0 Å². The van der Waals surface area contributed by atoms with E-state index in [2.05, 4.69) is 21.2 Å². The predicted octanol–water partition coefficient (Wildman–Crippen LogP) is 3.67. The number of hydrogen-bond donors (Lipinski definition) is 1. The second-order valence-corrected chi connectivity index (χ2v) is 7.33. The topological polar surface area (TPSA) is 90.9 Å². The molecule has 0 spiro atoms. The van der Waals surface area contributed by atoms with Crippen LogP contribution in [-0.2, 0) is 14.3 Å². The van der Waals surface area contributed by atoms with E-state index in [0.29, 0.717) is 36.0 Å². The number of anilines is 1. The minimum Gasteiger partial charge on any atom is -0.486 e. The molecule has 7 nitrogen and oxygen atoms in total. The van der Waals surface area contributed by atoms with Gasteiger partial charge in [-0.3, -0.25) is 14.4 Å². The number of halogens is 1. The van der Waals surface area contributed by atoms with E-state index in [9.17, 15) is 14.4 Å². The number of amides is 1. The van der Waals surface area contributed by atoms with Crippen LogP contribution in [0.1, 0.15) is 28.8 Å². The number of hydrogen-bond acceptors (Lipinski definition) is 6. The van der Waals surface area contributed by atoms with Crippen molar-refractivity contribution in [2.45, 2.75) is 19.8 Å². The Bertz CT molecular complexity index is 943. The molecule has 29 heavy (non-hydrogen) atoms. The van der Waals surface area contributed by atoms with Crippen LogP contribution in [0.25, 0.3) is 0 Å². The zero-order valence-electron chi connectivity index (χ0n) is 15.8. The number of Topliss-reactive ketones (excluding diaryl/α,β-unsaturated/α-hetero) is 1. The van der Waals surface area contributed by atoms with Crippen molar-refractivity contribution in [3.05, 3.63) is 52.0 Å². The summed E-state index contributed by atoms with van der Waals surface area (Å²) in [5, 5.41) is 2.66. The monoisotopic (exact) mass is 461 g/mol. The van der Waals surface area contributed by atoms with Crippen LogP contribution in [0.4, 0.5) is 5.69 Å². The molecule has 1 N–H and O–H groups in total. The van der Waals surface area contributed by atoms with Crippen molar-refractivity contribution >= 4 is 39.3 Å². The van der Waals surface area contributed by atoms with E-state index in [1.807, 2.05) is 19.1 Å². The highest BCUT2D eigenvalue weighted by Crippen LogP contribution is 2.31. The fourth-order valence-corrected chi connectivity index (χ4v) is 3.30. The maximum Gasteiger partial charge on any atom is 0.306 e. The van der Waals surface area contributed by atoms with Crippen LogP contribution in [0.2, 0.25) is 0 Å². The van der Waals surface area contributed by atoms with Crippen molar-refractivity contribution in [3.8, 4) is 11.5 Å². The third-order valence-corrected chi connectivity index (χ3v) is 4.84. The number of aryl methyl sites for hydroxylation is 1. The number of nitrogens with one attached hydrogen (secondary N) is 1. The number of carbonyl (C=O) groups is 3. The Morgan fingerprint density at radius 3 is 2.55 bits per heavy atom. The van der Waals surface area contributed by atoms with Crippen LogP contribution in [0, 0.1) is 6.92 Å². The van der Waals surface area contributed by atoms with Crippen molar-refractivity contribution in [2.75, 3.05) is 25.1 Å². The number of benzene rings is 2. The standard InChI is InChI=1S/C21H20BrNO6/c1-13-2-4-16(15(22)10-13)23-20(25)12-29-21(26)7-5-17(24)14-3-6-18-19(11-14)28-9-8-27-18/h2-4,6,10-11H,5,7-9,12H2,1H3,(H,23,25). The zero-order chi connectivity index (χ0) is 20.8. The Labute approximate surface area is 176 Å². The fourth-order valence-electron chi connectivity index (χ4n) is 2.70. The molecule has 0 fully saturated rings. The van der Waals surface area contributed by atoms with Gasteiger partial charge in [-0.25, -0.2) is 0 Å².